The third-order valence-electron chi connectivity index (χ3n) is 4.22. The van der Waals surface area contributed by atoms with E-state index in [1.807, 2.05) is 0 Å². The van der Waals surface area contributed by atoms with Crippen molar-refractivity contribution in [1.82, 2.24) is 4.90 Å². The van der Waals surface area contributed by atoms with Crippen molar-refractivity contribution < 1.29 is 33.8 Å². The lowest BCUT2D eigenvalue weighted by Gasteiger charge is -2.10. The molecule has 2 aromatic rings. The van der Waals surface area contributed by atoms with Crippen LogP contribution >= 0.6 is 11.8 Å². The fourth-order valence-electron chi connectivity index (χ4n) is 2.74. The van der Waals surface area contributed by atoms with Gasteiger partial charge in [0.25, 0.3) is 11.1 Å². The molecular formula is C22H19NO7S. The summed E-state index contributed by atoms with van der Waals surface area (Å²) in [7, 11) is 0. The number of hydrogen-bond acceptors (Lipinski definition) is 7. The third kappa shape index (κ3) is 5.73. The first kappa shape index (κ1) is 22.1. The average molecular weight is 441 g/mol. The van der Waals surface area contributed by atoms with Crippen LogP contribution in [-0.2, 0) is 20.9 Å². The first-order chi connectivity index (χ1) is 14.9. The Balaban J connectivity index is 1.62. The van der Waals surface area contributed by atoms with Crippen molar-refractivity contribution in [3.63, 3.8) is 0 Å². The van der Waals surface area contributed by atoms with Crippen molar-refractivity contribution in [3.05, 3.63) is 70.1 Å². The van der Waals surface area contributed by atoms with Crippen molar-refractivity contribution in [2.24, 2.45) is 0 Å². The summed E-state index contributed by atoms with van der Waals surface area (Å²) in [6, 6.07) is 13.3. The van der Waals surface area contributed by atoms with Crippen LogP contribution in [-0.4, -0.2) is 46.2 Å². The van der Waals surface area contributed by atoms with Crippen LogP contribution in [0, 0.1) is 0 Å². The van der Waals surface area contributed by atoms with E-state index in [0.717, 1.165) is 22.2 Å². The number of amides is 2. The zero-order chi connectivity index (χ0) is 22.4. The summed E-state index contributed by atoms with van der Waals surface area (Å²) in [5.41, 5.74) is 1.59. The Hall–Kier alpha value is -3.59. The number of benzene rings is 2. The molecule has 2 amide bonds. The van der Waals surface area contributed by atoms with Crippen molar-refractivity contribution in [2.75, 3.05) is 13.2 Å². The summed E-state index contributed by atoms with van der Waals surface area (Å²) in [4.78, 5) is 48.1. The van der Waals surface area contributed by atoms with Crippen LogP contribution in [0.1, 0.15) is 28.4 Å². The molecule has 0 unspecified atom stereocenters. The number of carbonyl (C=O) groups excluding carboxylic acids is 3. The number of thioether (sulfide) groups is 1. The molecule has 1 aliphatic rings. The Morgan fingerprint density at radius 3 is 2.55 bits per heavy atom. The number of aromatic carboxylic acids is 1. The molecule has 1 saturated heterocycles. The van der Waals surface area contributed by atoms with Crippen LogP contribution in [0.3, 0.4) is 0 Å². The molecule has 0 spiro atoms. The highest BCUT2D eigenvalue weighted by Gasteiger charge is 2.36. The van der Waals surface area contributed by atoms with E-state index in [1.165, 1.54) is 6.07 Å². The van der Waals surface area contributed by atoms with Crippen LogP contribution in [0.5, 0.6) is 5.75 Å². The van der Waals surface area contributed by atoms with Crippen LogP contribution in [0.15, 0.2) is 53.4 Å². The first-order valence-corrected chi connectivity index (χ1v) is 10.1. The fourth-order valence-corrected chi connectivity index (χ4v) is 3.58. The van der Waals surface area contributed by atoms with E-state index < -0.39 is 29.6 Å². The zero-order valence-electron chi connectivity index (χ0n) is 16.6. The second-order valence-corrected chi connectivity index (χ2v) is 7.43. The van der Waals surface area contributed by atoms with Gasteiger partial charge in [-0.1, -0.05) is 24.3 Å². The average Bonchev–Trinajstić information content (AvgIpc) is 3.01. The van der Waals surface area contributed by atoms with E-state index in [2.05, 4.69) is 0 Å². The van der Waals surface area contributed by atoms with Gasteiger partial charge in [-0.25, -0.2) is 4.79 Å². The Labute approximate surface area is 182 Å². The van der Waals surface area contributed by atoms with Crippen molar-refractivity contribution >= 4 is 40.9 Å². The highest BCUT2D eigenvalue weighted by atomic mass is 32.2. The van der Waals surface area contributed by atoms with Gasteiger partial charge in [0, 0.05) is 0 Å². The minimum Gasteiger partial charge on any atom is -0.489 e. The molecule has 1 N–H and O–H groups in total. The topological polar surface area (TPSA) is 110 Å². The molecule has 0 saturated carbocycles. The predicted octanol–water partition coefficient (Wildman–Crippen LogP) is 3.56. The SMILES string of the molecule is CCOC(=O)CN1C(=O)S/C(=C/c2ccc(OCc3cccc(C(=O)O)c3)cc2)C1=O. The lowest BCUT2D eigenvalue weighted by Crippen LogP contribution is -2.34. The Kier molecular flexibility index (Phi) is 7.09. The number of carboxylic acids is 1. The van der Waals surface area contributed by atoms with Crippen LogP contribution in [0.2, 0.25) is 0 Å². The Morgan fingerprint density at radius 1 is 1.13 bits per heavy atom. The maximum absolute atomic E-state index is 12.4. The maximum atomic E-state index is 12.4. The van der Waals surface area contributed by atoms with Gasteiger partial charge in [0.1, 0.15) is 18.9 Å². The summed E-state index contributed by atoms with van der Waals surface area (Å²) in [5, 5.41) is 8.52. The number of carboxylic acid groups (broad SMARTS) is 1. The second-order valence-electron chi connectivity index (χ2n) is 6.44. The fraction of sp³-hybridized carbons (Fsp3) is 0.182. The normalized spacial score (nSPS) is 14.7. The maximum Gasteiger partial charge on any atom is 0.335 e. The summed E-state index contributed by atoms with van der Waals surface area (Å²) in [6.07, 6.45) is 1.57. The van der Waals surface area contributed by atoms with Gasteiger partial charge >= 0.3 is 11.9 Å². The van der Waals surface area contributed by atoms with Gasteiger partial charge < -0.3 is 14.6 Å². The molecule has 1 fully saturated rings. The Bertz CT molecular complexity index is 1050. The minimum atomic E-state index is -1.00. The number of carbonyl (C=O) groups is 4. The van der Waals surface area contributed by atoms with E-state index in [9.17, 15) is 19.2 Å². The minimum absolute atomic E-state index is 0.171. The molecule has 3 rings (SSSR count). The largest absolute Gasteiger partial charge is 0.489 e. The zero-order valence-corrected chi connectivity index (χ0v) is 17.4. The highest BCUT2D eigenvalue weighted by Crippen LogP contribution is 2.32. The molecule has 31 heavy (non-hydrogen) atoms. The van der Waals surface area contributed by atoms with Gasteiger partial charge in [-0.15, -0.1) is 0 Å². The van der Waals surface area contributed by atoms with E-state index in [0.29, 0.717) is 11.3 Å². The monoisotopic (exact) mass is 441 g/mol. The number of hydrogen-bond donors (Lipinski definition) is 1. The van der Waals surface area contributed by atoms with Crippen molar-refractivity contribution in [3.8, 4) is 5.75 Å². The molecule has 1 heterocycles. The number of ether oxygens (including phenoxy) is 2. The molecule has 0 bridgehead atoms. The van der Waals surface area contributed by atoms with Gasteiger partial charge in [0.15, 0.2) is 0 Å². The van der Waals surface area contributed by atoms with Crippen LogP contribution < -0.4 is 4.74 Å². The van der Waals surface area contributed by atoms with E-state index >= 15 is 0 Å². The molecule has 0 radical (unpaired) electrons. The highest BCUT2D eigenvalue weighted by molar-refractivity contribution is 8.18. The molecule has 2 aromatic carbocycles. The quantitative estimate of drug-likeness (QED) is 0.489. The molecule has 8 nitrogen and oxygen atoms in total. The van der Waals surface area contributed by atoms with E-state index in [-0.39, 0.29) is 23.7 Å². The Morgan fingerprint density at radius 2 is 1.87 bits per heavy atom. The number of esters is 1. The second kappa shape index (κ2) is 9.94. The molecule has 0 aliphatic carbocycles. The van der Waals surface area contributed by atoms with Gasteiger partial charge in [-0.05, 0) is 60.2 Å². The molecule has 0 atom stereocenters. The summed E-state index contributed by atoms with van der Waals surface area (Å²) < 4.78 is 10.5. The lowest BCUT2D eigenvalue weighted by molar-refractivity contribution is -0.145. The summed E-state index contributed by atoms with van der Waals surface area (Å²) in [6.45, 7) is 1.61. The van der Waals surface area contributed by atoms with Gasteiger partial charge in [-0.3, -0.25) is 19.3 Å². The summed E-state index contributed by atoms with van der Waals surface area (Å²) in [5.74, 6) is -1.62. The number of nitrogens with zero attached hydrogens (tertiary/aromatic N) is 1. The van der Waals surface area contributed by atoms with Gasteiger partial charge in [-0.2, -0.15) is 0 Å². The number of imide groups is 1. The molecule has 0 aromatic heterocycles. The molecular weight excluding hydrogens is 422 g/mol. The summed E-state index contributed by atoms with van der Waals surface area (Å²) >= 11 is 0.764. The van der Waals surface area contributed by atoms with Crippen LogP contribution in [0.4, 0.5) is 4.79 Å². The van der Waals surface area contributed by atoms with E-state index in [1.54, 1.807) is 55.5 Å². The molecule has 160 valence electrons. The molecule has 9 heteroatoms. The van der Waals surface area contributed by atoms with E-state index in [4.69, 9.17) is 14.6 Å². The lowest BCUT2D eigenvalue weighted by atomic mass is 10.1. The van der Waals surface area contributed by atoms with Crippen molar-refractivity contribution in [1.29, 1.82) is 0 Å². The predicted molar refractivity (Wildman–Crippen MR) is 113 cm³/mol. The van der Waals surface area contributed by atoms with Gasteiger partial charge in [0.2, 0.25) is 0 Å². The molecule has 1 aliphatic heterocycles. The number of rotatable bonds is 8. The third-order valence-corrected chi connectivity index (χ3v) is 5.13. The smallest absolute Gasteiger partial charge is 0.335 e. The standard InChI is InChI=1S/C22H19NO7S/c1-2-29-19(24)12-23-20(25)18(31-22(23)28)11-14-6-8-17(9-7-14)30-13-15-4-3-5-16(10-15)21(26)27/h3-11H,2,12-13H2,1H3,(H,26,27)/b18-11+. The van der Waals surface area contributed by atoms with Gasteiger partial charge in [0.05, 0.1) is 17.1 Å². The van der Waals surface area contributed by atoms with Crippen molar-refractivity contribution in [2.45, 2.75) is 13.5 Å². The first-order valence-electron chi connectivity index (χ1n) is 9.33. The van der Waals surface area contributed by atoms with Crippen LogP contribution in [0.25, 0.3) is 6.08 Å².